The Morgan fingerprint density at radius 1 is 1.14 bits per heavy atom. The number of hydrogen-bond acceptors (Lipinski definition) is 5. The first-order valence-corrected chi connectivity index (χ1v) is 7.47. The molecular formula is C16H23N5. The van der Waals surface area contributed by atoms with Gasteiger partial charge in [-0.15, -0.1) is 5.10 Å². The molecule has 5 heteroatoms. The molecule has 0 aliphatic heterocycles. The Hall–Kier alpha value is -2.17. The van der Waals surface area contributed by atoms with Crippen LogP contribution in [0.1, 0.15) is 32.8 Å². The van der Waals surface area contributed by atoms with Crippen molar-refractivity contribution < 1.29 is 0 Å². The van der Waals surface area contributed by atoms with Crippen LogP contribution >= 0.6 is 0 Å². The zero-order chi connectivity index (χ0) is 15.1. The maximum atomic E-state index is 4.41. The summed E-state index contributed by atoms with van der Waals surface area (Å²) < 4.78 is 0. The number of aromatic nitrogens is 3. The maximum absolute atomic E-state index is 4.41. The Morgan fingerprint density at radius 3 is 2.57 bits per heavy atom. The summed E-state index contributed by atoms with van der Waals surface area (Å²) in [6, 6.07) is 8.32. The van der Waals surface area contributed by atoms with Gasteiger partial charge in [-0.1, -0.05) is 32.9 Å². The van der Waals surface area contributed by atoms with Gasteiger partial charge in [0.1, 0.15) is 0 Å². The maximum Gasteiger partial charge on any atom is 0.244 e. The third-order valence-corrected chi connectivity index (χ3v) is 3.20. The topological polar surface area (TPSA) is 62.7 Å². The van der Waals surface area contributed by atoms with Gasteiger partial charge >= 0.3 is 0 Å². The summed E-state index contributed by atoms with van der Waals surface area (Å²) in [5.74, 6) is 1.91. The van der Waals surface area contributed by atoms with Crippen molar-refractivity contribution in [2.24, 2.45) is 5.92 Å². The van der Waals surface area contributed by atoms with Crippen LogP contribution in [-0.4, -0.2) is 21.7 Å². The highest BCUT2D eigenvalue weighted by Gasteiger charge is 2.02. The molecule has 0 atom stereocenters. The number of nitrogens with zero attached hydrogens (tertiary/aromatic N) is 3. The highest BCUT2D eigenvalue weighted by Crippen LogP contribution is 2.15. The van der Waals surface area contributed by atoms with Crippen LogP contribution in [0.2, 0.25) is 0 Å². The number of rotatable bonds is 7. The summed E-state index contributed by atoms with van der Waals surface area (Å²) in [7, 11) is 0. The molecule has 2 N–H and O–H groups in total. The molecule has 1 aromatic heterocycles. The predicted octanol–water partition coefficient (Wildman–Crippen LogP) is 3.64. The molecule has 21 heavy (non-hydrogen) atoms. The third kappa shape index (κ3) is 5.02. The van der Waals surface area contributed by atoms with Gasteiger partial charge in [-0.2, -0.15) is 10.1 Å². The molecule has 0 aliphatic rings. The lowest BCUT2D eigenvalue weighted by Gasteiger charge is -2.09. The van der Waals surface area contributed by atoms with Gasteiger partial charge in [-0.25, -0.2) is 0 Å². The first-order chi connectivity index (χ1) is 10.2. The largest absolute Gasteiger partial charge is 0.353 e. The van der Waals surface area contributed by atoms with E-state index in [4.69, 9.17) is 0 Å². The van der Waals surface area contributed by atoms with Crippen LogP contribution in [0.15, 0.2) is 30.5 Å². The molecule has 0 radical (unpaired) electrons. The van der Waals surface area contributed by atoms with Gasteiger partial charge in [0, 0.05) is 12.2 Å². The van der Waals surface area contributed by atoms with E-state index in [-0.39, 0.29) is 0 Å². The highest BCUT2D eigenvalue weighted by molar-refractivity contribution is 5.56. The van der Waals surface area contributed by atoms with E-state index >= 15 is 0 Å². The predicted molar refractivity (Wildman–Crippen MR) is 86.9 cm³/mol. The van der Waals surface area contributed by atoms with E-state index in [0.717, 1.165) is 25.1 Å². The lowest BCUT2D eigenvalue weighted by Crippen LogP contribution is -2.09. The molecule has 0 spiro atoms. The molecule has 0 bridgehead atoms. The van der Waals surface area contributed by atoms with E-state index in [9.17, 15) is 0 Å². The Morgan fingerprint density at radius 2 is 1.90 bits per heavy atom. The second kappa shape index (κ2) is 7.57. The van der Waals surface area contributed by atoms with E-state index in [0.29, 0.717) is 17.7 Å². The highest BCUT2D eigenvalue weighted by atomic mass is 15.3. The summed E-state index contributed by atoms with van der Waals surface area (Å²) in [4.78, 5) is 4.41. The molecule has 0 amide bonds. The quantitative estimate of drug-likeness (QED) is 0.813. The third-order valence-electron chi connectivity index (χ3n) is 3.20. The van der Waals surface area contributed by atoms with Crippen molar-refractivity contribution >= 4 is 17.5 Å². The van der Waals surface area contributed by atoms with Gasteiger partial charge < -0.3 is 10.6 Å². The number of benzene rings is 1. The molecule has 0 saturated heterocycles. The summed E-state index contributed by atoms with van der Waals surface area (Å²) >= 11 is 0. The molecule has 112 valence electrons. The molecule has 0 unspecified atom stereocenters. The molecule has 0 aliphatic carbocycles. The van der Waals surface area contributed by atoms with Gasteiger partial charge in [0.05, 0.1) is 6.20 Å². The average Bonchev–Trinajstić information content (AvgIpc) is 2.48. The minimum absolute atomic E-state index is 0.561. The Labute approximate surface area is 126 Å². The first kappa shape index (κ1) is 15.2. The molecule has 5 nitrogen and oxygen atoms in total. The lowest BCUT2D eigenvalue weighted by atomic mass is 10.1. The van der Waals surface area contributed by atoms with Crippen molar-refractivity contribution in [1.82, 2.24) is 15.2 Å². The first-order valence-electron chi connectivity index (χ1n) is 7.47. The van der Waals surface area contributed by atoms with Crippen molar-refractivity contribution in [3.63, 3.8) is 0 Å². The van der Waals surface area contributed by atoms with Crippen LogP contribution < -0.4 is 10.6 Å². The number of nitrogens with one attached hydrogen (secondary N) is 2. The molecular weight excluding hydrogens is 262 g/mol. The van der Waals surface area contributed by atoms with Crippen molar-refractivity contribution in [3.8, 4) is 0 Å². The van der Waals surface area contributed by atoms with E-state index in [1.165, 1.54) is 5.56 Å². The van der Waals surface area contributed by atoms with Crippen molar-refractivity contribution in [1.29, 1.82) is 0 Å². The standard InChI is InChI=1S/C16H23N5/c1-4-13-5-7-14(8-6-13)19-15-11-18-21-16(20-15)17-10-9-12(2)3/h5-8,11-12H,4,9-10H2,1-3H3,(H2,17,19,20,21). The van der Waals surface area contributed by atoms with Gasteiger partial charge in [-0.3, -0.25) is 0 Å². The second-order valence-electron chi connectivity index (χ2n) is 5.45. The minimum atomic E-state index is 0.561. The van der Waals surface area contributed by atoms with E-state index in [2.05, 4.69) is 58.7 Å². The Kier molecular flexibility index (Phi) is 5.49. The van der Waals surface area contributed by atoms with E-state index in [1.807, 2.05) is 12.1 Å². The SMILES string of the molecule is CCc1ccc(Nc2cnnc(NCCC(C)C)n2)cc1. The molecule has 1 aromatic carbocycles. The number of hydrogen-bond donors (Lipinski definition) is 2. The van der Waals surface area contributed by atoms with Crippen molar-refractivity contribution in [2.75, 3.05) is 17.2 Å². The van der Waals surface area contributed by atoms with Crippen molar-refractivity contribution in [3.05, 3.63) is 36.0 Å². The fourth-order valence-corrected chi connectivity index (χ4v) is 1.88. The molecule has 0 fully saturated rings. The van der Waals surface area contributed by atoms with Crippen LogP contribution in [0.25, 0.3) is 0 Å². The fraction of sp³-hybridized carbons (Fsp3) is 0.438. The monoisotopic (exact) mass is 285 g/mol. The minimum Gasteiger partial charge on any atom is -0.353 e. The zero-order valence-electron chi connectivity index (χ0n) is 12.9. The average molecular weight is 285 g/mol. The Bertz CT molecular complexity index is 551. The van der Waals surface area contributed by atoms with Gasteiger partial charge in [0.25, 0.3) is 0 Å². The van der Waals surface area contributed by atoms with Crippen LogP contribution in [0, 0.1) is 5.92 Å². The van der Waals surface area contributed by atoms with Crippen molar-refractivity contribution in [2.45, 2.75) is 33.6 Å². The van der Waals surface area contributed by atoms with Gasteiger partial charge in [0.15, 0.2) is 5.82 Å². The van der Waals surface area contributed by atoms with Gasteiger partial charge in [-0.05, 0) is 36.5 Å². The summed E-state index contributed by atoms with van der Waals surface area (Å²) in [5.41, 5.74) is 2.32. The molecule has 0 saturated carbocycles. The summed E-state index contributed by atoms with van der Waals surface area (Å²) in [6.07, 6.45) is 3.75. The lowest BCUT2D eigenvalue weighted by molar-refractivity contribution is 0.605. The summed E-state index contributed by atoms with van der Waals surface area (Å²) in [6.45, 7) is 7.39. The smallest absolute Gasteiger partial charge is 0.244 e. The van der Waals surface area contributed by atoms with Crippen LogP contribution in [0.4, 0.5) is 17.5 Å². The number of anilines is 3. The fourth-order valence-electron chi connectivity index (χ4n) is 1.88. The molecule has 1 heterocycles. The normalized spacial score (nSPS) is 10.7. The second-order valence-corrected chi connectivity index (χ2v) is 5.45. The van der Waals surface area contributed by atoms with Crippen LogP contribution in [-0.2, 0) is 6.42 Å². The van der Waals surface area contributed by atoms with Gasteiger partial charge in [0.2, 0.25) is 5.95 Å². The Balaban J connectivity index is 1.96. The van der Waals surface area contributed by atoms with Crippen LogP contribution in [0.5, 0.6) is 0 Å². The number of aryl methyl sites for hydroxylation is 1. The van der Waals surface area contributed by atoms with E-state index in [1.54, 1.807) is 6.20 Å². The summed E-state index contributed by atoms with van der Waals surface area (Å²) in [5, 5.41) is 14.4. The van der Waals surface area contributed by atoms with E-state index < -0.39 is 0 Å². The zero-order valence-corrected chi connectivity index (χ0v) is 12.9. The molecule has 2 rings (SSSR count). The van der Waals surface area contributed by atoms with Crippen LogP contribution in [0.3, 0.4) is 0 Å². The molecule has 2 aromatic rings.